The molecule has 0 saturated heterocycles. The van der Waals surface area contributed by atoms with E-state index < -0.39 is 35.0 Å². The van der Waals surface area contributed by atoms with E-state index in [1.807, 2.05) is 18.2 Å². The molecule has 0 radical (unpaired) electrons. The smallest absolute Gasteiger partial charge is 0.416 e. The van der Waals surface area contributed by atoms with Crippen LogP contribution in [0.5, 0.6) is 0 Å². The number of imidazole rings is 1. The highest BCUT2D eigenvalue weighted by Gasteiger charge is 2.32. The van der Waals surface area contributed by atoms with Crippen molar-refractivity contribution in [3.63, 3.8) is 0 Å². The lowest BCUT2D eigenvalue weighted by Crippen LogP contribution is -2.31. The van der Waals surface area contributed by atoms with Gasteiger partial charge in [0.25, 0.3) is 0 Å². The number of rotatable bonds is 9. The molecule has 7 nitrogen and oxygen atoms in total. The molecule has 3 rings (SSSR count). The molecule has 2 heterocycles. The van der Waals surface area contributed by atoms with Crippen LogP contribution in [0.4, 0.5) is 19.0 Å². The number of pyridine rings is 1. The molecule has 0 aliphatic carbocycles. The van der Waals surface area contributed by atoms with E-state index in [2.05, 4.69) is 10.3 Å². The number of benzene rings is 1. The van der Waals surface area contributed by atoms with Gasteiger partial charge in [-0.2, -0.15) is 13.2 Å². The van der Waals surface area contributed by atoms with Crippen molar-refractivity contribution >= 4 is 11.8 Å². The number of nitrogens with zero attached hydrogens (tertiary/aromatic N) is 3. The third-order valence-electron chi connectivity index (χ3n) is 5.48. The number of carbonyl (C=O) groups is 1. The summed E-state index contributed by atoms with van der Waals surface area (Å²) < 4.78 is 48.2. The number of hydrogen-bond donors (Lipinski definition) is 1. The number of ether oxygens (including phenoxy) is 1. The van der Waals surface area contributed by atoms with Gasteiger partial charge in [-0.3, -0.25) is 13.9 Å². The fourth-order valence-electron chi connectivity index (χ4n) is 3.86. The van der Waals surface area contributed by atoms with Crippen molar-refractivity contribution in [3.05, 3.63) is 82.2 Å². The molecule has 10 heteroatoms. The molecule has 3 aromatic rings. The van der Waals surface area contributed by atoms with Crippen molar-refractivity contribution in [3.8, 4) is 0 Å². The van der Waals surface area contributed by atoms with Crippen LogP contribution in [0.25, 0.3) is 0 Å². The molecular weight excluding hydrogens is 473 g/mol. The Bertz CT molecular complexity index is 1240. The average molecular weight is 505 g/mol. The first kappa shape index (κ1) is 27.0. The minimum absolute atomic E-state index is 0.198. The Balaban J connectivity index is 1.85. The number of halogens is 3. The minimum Gasteiger partial charge on any atom is -0.460 e. The number of alkyl halides is 3. The molecule has 1 N–H and O–H groups in total. The maximum atomic E-state index is 13.4. The largest absolute Gasteiger partial charge is 0.460 e. The summed E-state index contributed by atoms with van der Waals surface area (Å²) in [5.74, 6) is 0.141. The van der Waals surface area contributed by atoms with Crippen LogP contribution in [-0.2, 0) is 28.7 Å². The van der Waals surface area contributed by atoms with E-state index in [9.17, 15) is 22.8 Å². The third-order valence-corrected chi connectivity index (χ3v) is 5.48. The predicted octanol–water partition coefficient (Wildman–Crippen LogP) is 5.06. The Kier molecular flexibility index (Phi) is 8.27. The lowest BCUT2D eigenvalue weighted by molar-refractivity contribution is -0.155. The van der Waals surface area contributed by atoms with Crippen LogP contribution >= 0.6 is 0 Å². The van der Waals surface area contributed by atoms with Crippen LogP contribution in [0.1, 0.15) is 56.5 Å². The Hall–Kier alpha value is -3.56. The molecule has 0 aliphatic rings. The molecule has 0 saturated carbocycles. The van der Waals surface area contributed by atoms with Gasteiger partial charge in [-0.15, -0.1) is 0 Å². The summed E-state index contributed by atoms with van der Waals surface area (Å²) >= 11 is 0. The van der Waals surface area contributed by atoms with Crippen molar-refractivity contribution < 1.29 is 22.7 Å². The van der Waals surface area contributed by atoms with Gasteiger partial charge in [0.05, 0.1) is 18.0 Å². The van der Waals surface area contributed by atoms with Crippen molar-refractivity contribution in [2.75, 3.05) is 12.4 Å². The van der Waals surface area contributed by atoms with E-state index in [1.54, 1.807) is 34.0 Å². The van der Waals surface area contributed by atoms with Crippen molar-refractivity contribution in [2.45, 2.75) is 64.4 Å². The molecule has 36 heavy (non-hydrogen) atoms. The number of hydrogen-bond acceptors (Lipinski definition) is 5. The van der Waals surface area contributed by atoms with E-state index in [1.165, 1.54) is 27.5 Å². The predicted molar refractivity (Wildman–Crippen MR) is 131 cm³/mol. The van der Waals surface area contributed by atoms with Gasteiger partial charge < -0.3 is 10.1 Å². The highest BCUT2D eigenvalue weighted by atomic mass is 19.4. The Morgan fingerprint density at radius 2 is 1.83 bits per heavy atom. The average Bonchev–Trinajstić information content (AvgIpc) is 3.16. The molecule has 2 aromatic heterocycles. The van der Waals surface area contributed by atoms with E-state index in [-0.39, 0.29) is 12.0 Å². The quantitative estimate of drug-likeness (QED) is 0.412. The maximum Gasteiger partial charge on any atom is 0.416 e. The fraction of sp³-hybridized carbons (Fsp3) is 0.423. The minimum atomic E-state index is -4.55. The highest BCUT2D eigenvalue weighted by Crippen LogP contribution is 2.32. The number of carbonyl (C=O) groups excluding carboxylic acids is 1. The number of anilines is 1. The number of aromatic nitrogens is 3. The SMILES string of the molecule is CNc1cccc(CCCn2ccn(C(CC(=O)OC(C)(C)C)c3cccc(C(F)(F)F)c3)c2=O)n1. The van der Waals surface area contributed by atoms with E-state index in [0.29, 0.717) is 19.4 Å². The standard InChI is InChI=1S/C26H31F3N4O3/c1-25(2,3)36-23(34)17-21(18-8-5-9-19(16-18)26(27,28)29)33-15-14-32(24(33)35)13-7-11-20-10-6-12-22(30-4)31-20/h5-6,8-10,12,14-16,21H,7,11,13,17H2,1-4H3,(H,30,31). The summed E-state index contributed by atoms with van der Waals surface area (Å²) in [5, 5.41) is 2.98. The highest BCUT2D eigenvalue weighted by molar-refractivity contribution is 5.71. The van der Waals surface area contributed by atoms with Gasteiger partial charge in [0, 0.05) is 31.7 Å². The molecule has 0 fully saturated rings. The second-order valence-corrected chi connectivity index (χ2v) is 9.48. The fourth-order valence-corrected chi connectivity index (χ4v) is 3.86. The van der Waals surface area contributed by atoms with Crippen molar-refractivity contribution in [1.29, 1.82) is 0 Å². The molecule has 1 unspecified atom stereocenters. The maximum absolute atomic E-state index is 13.4. The lowest BCUT2D eigenvalue weighted by atomic mass is 10.0. The summed E-state index contributed by atoms with van der Waals surface area (Å²) in [4.78, 5) is 30.3. The van der Waals surface area contributed by atoms with Crippen molar-refractivity contribution in [2.24, 2.45) is 0 Å². The second kappa shape index (κ2) is 11.0. The molecule has 0 spiro atoms. The van der Waals surface area contributed by atoms with Gasteiger partial charge >= 0.3 is 17.8 Å². The summed E-state index contributed by atoms with van der Waals surface area (Å²) in [7, 11) is 1.78. The van der Waals surface area contributed by atoms with Crippen molar-refractivity contribution in [1.82, 2.24) is 14.1 Å². The molecule has 0 aliphatic heterocycles. The van der Waals surface area contributed by atoms with Crippen LogP contribution < -0.4 is 11.0 Å². The Morgan fingerprint density at radius 3 is 2.50 bits per heavy atom. The zero-order chi connectivity index (χ0) is 26.5. The van der Waals surface area contributed by atoms with E-state index in [4.69, 9.17) is 4.74 Å². The molecule has 194 valence electrons. The molecule has 1 aromatic carbocycles. The topological polar surface area (TPSA) is 78.1 Å². The first-order valence-corrected chi connectivity index (χ1v) is 11.7. The lowest BCUT2D eigenvalue weighted by Gasteiger charge is -2.23. The summed E-state index contributed by atoms with van der Waals surface area (Å²) in [6.45, 7) is 5.49. The van der Waals surface area contributed by atoms with Crippen LogP contribution in [-0.4, -0.2) is 32.7 Å². The summed E-state index contributed by atoms with van der Waals surface area (Å²) in [6, 6.07) is 9.38. The first-order chi connectivity index (χ1) is 16.9. The second-order valence-electron chi connectivity index (χ2n) is 9.48. The van der Waals surface area contributed by atoms with Crippen LogP contribution in [0, 0.1) is 0 Å². The first-order valence-electron chi connectivity index (χ1n) is 11.7. The van der Waals surface area contributed by atoms with E-state index >= 15 is 0 Å². The monoisotopic (exact) mass is 504 g/mol. The van der Waals surface area contributed by atoms with Crippen LogP contribution in [0.2, 0.25) is 0 Å². The number of nitrogens with one attached hydrogen (secondary N) is 1. The molecule has 0 amide bonds. The molecule has 1 atom stereocenters. The Labute approximate surface area is 207 Å². The van der Waals surface area contributed by atoms with Gasteiger partial charge in [-0.25, -0.2) is 9.78 Å². The number of aryl methyl sites for hydroxylation is 2. The zero-order valence-corrected chi connectivity index (χ0v) is 20.8. The molecule has 0 bridgehead atoms. The summed E-state index contributed by atoms with van der Waals surface area (Å²) in [6.07, 6.45) is -0.495. The summed E-state index contributed by atoms with van der Waals surface area (Å²) in [5.41, 5.74) is -0.967. The van der Waals surface area contributed by atoms with Crippen LogP contribution in [0.3, 0.4) is 0 Å². The normalized spacial score (nSPS) is 12.9. The van der Waals surface area contributed by atoms with Gasteiger partial charge in [0.15, 0.2) is 0 Å². The molecular formula is C26H31F3N4O3. The Morgan fingerprint density at radius 1 is 1.11 bits per heavy atom. The van der Waals surface area contributed by atoms with E-state index in [0.717, 1.165) is 23.6 Å². The van der Waals surface area contributed by atoms with Gasteiger partial charge in [-0.1, -0.05) is 18.2 Å². The van der Waals surface area contributed by atoms with Crippen LogP contribution in [0.15, 0.2) is 59.7 Å². The zero-order valence-electron chi connectivity index (χ0n) is 20.8. The van der Waals surface area contributed by atoms with Gasteiger partial charge in [-0.05, 0) is 63.4 Å². The number of esters is 1. The van der Waals surface area contributed by atoms with Gasteiger partial charge in [0.2, 0.25) is 0 Å². The van der Waals surface area contributed by atoms with Gasteiger partial charge in [0.1, 0.15) is 11.4 Å². The third kappa shape index (κ3) is 7.22.